The van der Waals surface area contributed by atoms with Crippen LogP contribution in [0.15, 0.2) is 48.5 Å². The van der Waals surface area contributed by atoms with Crippen LogP contribution >= 0.6 is 0 Å². The van der Waals surface area contributed by atoms with Crippen molar-refractivity contribution in [1.82, 2.24) is 4.90 Å². The molecule has 0 aliphatic carbocycles. The summed E-state index contributed by atoms with van der Waals surface area (Å²) in [6.45, 7) is 2.10. The number of carbonyl (C=O) groups excluding carboxylic acids is 1. The van der Waals surface area contributed by atoms with Crippen LogP contribution in [0.1, 0.15) is 27.4 Å². The first-order valence-corrected chi connectivity index (χ1v) is 7.80. The van der Waals surface area contributed by atoms with Crippen molar-refractivity contribution in [1.29, 1.82) is 0 Å². The van der Waals surface area contributed by atoms with E-state index in [-0.39, 0.29) is 24.2 Å². The maximum absolute atomic E-state index is 13.4. The van der Waals surface area contributed by atoms with Gasteiger partial charge >= 0.3 is 5.97 Å². The molecule has 24 heavy (non-hydrogen) atoms. The number of carboxylic acids is 1. The van der Waals surface area contributed by atoms with E-state index in [1.165, 1.54) is 18.2 Å². The predicted octanol–water partition coefficient (Wildman–Crippen LogP) is 3.07. The Kier molecular flexibility index (Phi) is 4.34. The molecule has 2 aromatic rings. The van der Waals surface area contributed by atoms with E-state index in [0.29, 0.717) is 17.7 Å². The Bertz CT molecular complexity index is 775. The van der Waals surface area contributed by atoms with Crippen LogP contribution in [0.3, 0.4) is 0 Å². The lowest BCUT2D eigenvalue weighted by molar-refractivity contribution is -0.141. The molecule has 1 heterocycles. The van der Waals surface area contributed by atoms with Gasteiger partial charge in [-0.25, -0.2) is 4.39 Å². The van der Waals surface area contributed by atoms with Crippen LogP contribution in [0.25, 0.3) is 0 Å². The molecule has 1 N–H and O–H groups in total. The van der Waals surface area contributed by atoms with Gasteiger partial charge in [0.15, 0.2) is 0 Å². The molecule has 4 nitrogen and oxygen atoms in total. The molecule has 0 spiro atoms. The fourth-order valence-corrected chi connectivity index (χ4v) is 3.22. The number of carbonyl (C=O) groups is 2. The number of carboxylic acid groups (broad SMARTS) is 1. The second-order valence-electron chi connectivity index (χ2n) is 6.14. The van der Waals surface area contributed by atoms with Crippen molar-refractivity contribution in [2.75, 3.05) is 13.1 Å². The highest BCUT2D eigenvalue weighted by Gasteiger charge is 2.40. The summed E-state index contributed by atoms with van der Waals surface area (Å²) >= 11 is 0. The molecule has 0 unspecified atom stereocenters. The minimum Gasteiger partial charge on any atom is -0.481 e. The molecule has 1 saturated heterocycles. The first kappa shape index (κ1) is 16.2. The van der Waals surface area contributed by atoms with Crippen LogP contribution in [-0.4, -0.2) is 35.0 Å². The molecule has 0 radical (unpaired) electrons. The summed E-state index contributed by atoms with van der Waals surface area (Å²) in [7, 11) is 0. The van der Waals surface area contributed by atoms with Gasteiger partial charge in [0.05, 0.1) is 5.92 Å². The molecular weight excluding hydrogens is 309 g/mol. The van der Waals surface area contributed by atoms with Gasteiger partial charge in [0.1, 0.15) is 5.82 Å². The van der Waals surface area contributed by atoms with Crippen LogP contribution in [-0.2, 0) is 4.79 Å². The molecule has 1 fully saturated rings. The van der Waals surface area contributed by atoms with Gasteiger partial charge in [-0.3, -0.25) is 9.59 Å². The lowest BCUT2D eigenvalue weighted by atomic mass is 9.89. The lowest BCUT2D eigenvalue weighted by Crippen LogP contribution is -2.30. The topological polar surface area (TPSA) is 57.6 Å². The maximum Gasteiger partial charge on any atom is 0.308 e. The van der Waals surface area contributed by atoms with E-state index in [1.54, 1.807) is 11.8 Å². The highest BCUT2D eigenvalue weighted by Crippen LogP contribution is 2.33. The Morgan fingerprint density at radius 3 is 2.46 bits per heavy atom. The summed E-state index contributed by atoms with van der Waals surface area (Å²) in [5, 5.41) is 9.51. The summed E-state index contributed by atoms with van der Waals surface area (Å²) in [5.74, 6) is -2.41. The summed E-state index contributed by atoms with van der Waals surface area (Å²) in [4.78, 5) is 25.8. The average molecular weight is 327 g/mol. The molecule has 1 amide bonds. The number of nitrogens with zero attached hydrogens (tertiary/aromatic N) is 1. The quantitative estimate of drug-likeness (QED) is 0.942. The molecule has 124 valence electrons. The minimum absolute atomic E-state index is 0.157. The van der Waals surface area contributed by atoms with E-state index in [1.807, 2.05) is 30.3 Å². The third-order valence-corrected chi connectivity index (χ3v) is 4.56. The van der Waals surface area contributed by atoms with Gasteiger partial charge in [-0.05, 0) is 36.2 Å². The van der Waals surface area contributed by atoms with E-state index in [2.05, 4.69) is 0 Å². The Morgan fingerprint density at radius 1 is 1.12 bits per heavy atom. The molecule has 0 saturated carbocycles. The average Bonchev–Trinajstić information content (AvgIpc) is 3.03. The number of likely N-dealkylation sites (tertiary alicyclic amines) is 1. The van der Waals surface area contributed by atoms with E-state index in [9.17, 15) is 19.1 Å². The summed E-state index contributed by atoms with van der Waals surface area (Å²) < 4.78 is 13.4. The van der Waals surface area contributed by atoms with Crippen LogP contribution < -0.4 is 0 Å². The predicted molar refractivity (Wildman–Crippen MR) is 87.3 cm³/mol. The van der Waals surface area contributed by atoms with Crippen LogP contribution in [0.5, 0.6) is 0 Å². The van der Waals surface area contributed by atoms with E-state index in [0.717, 1.165) is 5.56 Å². The third-order valence-electron chi connectivity index (χ3n) is 4.56. The molecule has 3 rings (SSSR count). The number of amides is 1. The Hall–Kier alpha value is -2.69. The summed E-state index contributed by atoms with van der Waals surface area (Å²) in [6.07, 6.45) is 0. The van der Waals surface area contributed by atoms with Crippen molar-refractivity contribution >= 4 is 11.9 Å². The van der Waals surface area contributed by atoms with E-state index >= 15 is 0 Å². The number of benzene rings is 2. The summed E-state index contributed by atoms with van der Waals surface area (Å²) in [6, 6.07) is 13.6. The molecule has 0 aromatic heterocycles. The lowest BCUT2D eigenvalue weighted by Gasteiger charge is -2.17. The zero-order valence-electron chi connectivity index (χ0n) is 13.3. The Morgan fingerprint density at radius 2 is 1.83 bits per heavy atom. The number of hydrogen-bond acceptors (Lipinski definition) is 2. The van der Waals surface area contributed by atoms with Crippen molar-refractivity contribution in [2.45, 2.75) is 12.8 Å². The number of halogens is 1. The second kappa shape index (κ2) is 6.43. The van der Waals surface area contributed by atoms with Crippen LogP contribution in [0.4, 0.5) is 4.39 Å². The number of hydrogen-bond donors (Lipinski definition) is 1. The van der Waals surface area contributed by atoms with Gasteiger partial charge in [0.2, 0.25) is 0 Å². The molecule has 1 aliphatic rings. The highest BCUT2D eigenvalue weighted by atomic mass is 19.1. The van der Waals surface area contributed by atoms with Gasteiger partial charge in [0.25, 0.3) is 5.91 Å². The Labute approximate surface area is 139 Å². The van der Waals surface area contributed by atoms with Crippen molar-refractivity contribution in [2.24, 2.45) is 5.92 Å². The molecule has 2 aromatic carbocycles. The first-order valence-electron chi connectivity index (χ1n) is 7.80. The molecular formula is C19H18FNO3. The zero-order chi connectivity index (χ0) is 17.3. The number of rotatable bonds is 3. The number of aryl methyl sites for hydroxylation is 1. The largest absolute Gasteiger partial charge is 0.481 e. The SMILES string of the molecule is Cc1cc(C(=O)N2C[C@H](C(=O)O)[C@H](c3ccccc3)C2)ccc1F. The Balaban J connectivity index is 1.86. The van der Waals surface area contributed by atoms with Crippen LogP contribution in [0.2, 0.25) is 0 Å². The first-order chi connectivity index (χ1) is 11.5. The molecule has 2 atom stereocenters. The standard InChI is InChI=1S/C19H18FNO3/c1-12-9-14(7-8-17(12)20)18(22)21-10-15(16(11-21)19(23)24)13-5-3-2-4-6-13/h2-9,15-16H,10-11H2,1H3,(H,23,24)/t15-,16-/m0/s1. The highest BCUT2D eigenvalue weighted by molar-refractivity contribution is 5.95. The third kappa shape index (κ3) is 3.02. The van der Waals surface area contributed by atoms with E-state index < -0.39 is 11.9 Å². The van der Waals surface area contributed by atoms with Crippen LogP contribution in [0, 0.1) is 18.7 Å². The van der Waals surface area contributed by atoms with Gasteiger partial charge in [0, 0.05) is 24.6 Å². The fourth-order valence-electron chi connectivity index (χ4n) is 3.22. The summed E-state index contributed by atoms with van der Waals surface area (Å²) in [5.41, 5.74) is 1.69. The normalized spacial score (nSPS) is 20.2. The van der Waals surface area contributed by atoms with Crippen molar-refractivity contribution in [3.63, 3.8) is 0 Å². The second-order valence-corrected chi connectivity index (χ2v) is 6.14. The van der Waals surface area contributed by atoms with Gasteiger partial charge in [-0.15, -0.1) is 0 Å². The minimum atomic E-state index is -0.908. The maximum atomic E-state index is 13.4. The van der Waals surface area contributed by atoms with E-state index in [4.69, 9.17) is 0 Å². The molecule has 0 bridgehead atoms. The number of aliphatic carboxylic acids is 1. The smallest absolute Gasteiger partial charge is 0.308 e. The molecule has 1 aliphatic heterocycles. The van der Waals surface area contributed by atoms with Gasteiger partial charge in [-0.2, -0.15) is 0 Å². The van der Waals surface area contributed by atoms with Crippen molar-refractivity contribution in [3.05, 3.63) is 71.0 Å². The van der Waals surface area contributed by atoms with Crippen molar-refractivity contribution < 1.29 is 19.1 Å². The monoisotopic (exact) mass is 327 g/mol. The van der Waals surface area contributed by atoms with Crippen molar-refractivity contribution in [3.8, 4) is 0 Å². The molecule has 5 heteroatoms. The zero-order valence-corrected chi connectivity index (χ0v) is 13.3. The van der Waals surface area contributed by atoms with Gasteiger partial charge < -0.3 is 10.0 Å². The van der Waals surface area contributed by atoms with Gasteiger partial charge in [-0.1, -0.05) is 30.3 Å². The fraction of sp³-hybridized carbons (Fsp3) is 0.263.